The fourth-order valence-corrected chi connectivity index (χ4v) is 4.44. The second-order valence-electron chi connectivity index (χ2n) is 5.24. The number of aliphatic hydroxyl groups is 1. The first-order valence-corrected chi connectivity index (χ1v) is 8.31. The largest absolute Gasteiger partial charge is 0.392 e. The van der Waals surface area contributed by atoms with Gasteiger partial charge in [0.2, 0.25) is 10.0 Å². The number of ether oxygens (including phenoxy) is 1. The van der Waals surface area contributed by atoms with E-state index in [0.29, 0.717) is 19.7 Å². The van der Waals surface area contributed by atoms with E-state index < -0.39 is 22.4 Å². The standard InChI is InChI=1S/C14H20FNO4S/c1-20-10-11-3-2-6-16(8-11)21(18,19)14-7-13(15)5-4-12(14)9-17/h4-5,7,11,17H,2-3,6,8-10H2,1H3. The van der Waals surface area contributed by atoms with E-state index in [1.165, 1.54) is 10.4 Å². The van der Waals surface area contributed by atoms with E-state index in [0.717, 1.165) is 25.0 Å². The van der Waals surface area contributed by atoms with E-state index in [1.807, 2.05) is 0 Å². The van der Waals surface area contributed by atoms with Gasteiger partial charge in [-0.25, -0.2) is 12.8 Å². The Balaban J connectivity index is 2.31. The molecule has 0 radical (unpaired) electrons. The second kappa shape index (κ2) is 6.83. The molecule has 118 valence electrons. The molecule has 1 aliphatic rings. The number of piperidine rings is 1. The molecule has 5 nitrogen and oxygen atoms in total. The van der Waals surface area contributed by atoms with Gasteiger partial charge in [0.1, 0.15) is 5.82 Å². The highest BCUT2D eigenvalue weighted by molar-refractivity contribution is 7.89. The number of hydrogen-bond donors (Lipinski definition) is 1. The lowest BCUT2D eigenvalue weighted by Gasteiger charge is -2.32. The van der Waals surface area contributed by atoms with Crippen LogP contribution in [0.2, 0.25) is 0 Å². The molecule has 0 aliphatic carbocycles. The number of aliphatic hydroxyl groups excluding tert-OH is 1. The van der Waals surface area contributed by atoms with Crippen molar-refractivity contribution in [3.05, 3.63) is 29.6 Å². The molecule has 1 N–H and O–H groups in total. The molecule has 0 spiro atoms. The van der Waals surface area contributed by atoms with Gasteiger partial charge in [-0.3, -0.25) is 0 Å². The fraction of sp³-hybridized carbons (Fsp3) is 0.571. The Morgan fingerprint density at radius 1 is 1.48 bits per heavy atom. The van der Waals surface area contributed by atoms with E-state index >= 15 is 0 Å². The van der Waals surface area contributed by atoms with Crippen LogP contribution in [0.1, 0.15) is 18.4 Å². The molecule has 1 atom stereocenters. The van der Waals surface area contributed by atoms with Crippen molar-refractivity contribution in [3.8, 4) is 0 Å². The molecule has 0 aromatic heterocycles. The first kappa shape index (κ1) is 16.4. The van der Waals surface area contributed by atoms with Crippen molar-refractivity contribution < 1.29 is 22.7 Å². The molecule has 0 saturated carbocycles. The molecule has 1 unspecified atom stereocenters. The van der Waals surface area contributed by atoms with Crippen LogP contribution in [0.3, 0.4) is 0 Å². The lowest BCUT2D eigenvalue weighted by Crippen LogP contribution is -2.41. The summed E-state index contributed by atoms with van der Waals surface area (Å²) in [7, 11) is -2.21. The summed E-state index contributed by atoms with van der Waals surface area (Å²) >= 11 is 0. The molecule has 1 heterocycles. The number of halogens is 1. The van der Waals surface area contributed by atoms with Crippen molar-refractivity contribution >= 4 is 10.0 Å². The summed E-state index contributed by atoms with van der Waals surface area (Å²) in [5.41, 5.74) is 0.213. The first-order chi connectivity index (χ1) is 9.98. The van der Waals surface area contributed by atoms with Crippen LogP contribution in [0.15, 0.2) is 23.1 Å². The van der Waals surface area contributed by atoms with Crippen LogP contribution in [-0.4, -0.2) is 44.6 Å². The Labute approximate surface area is 124 Å². The average Bonchev–Trinajstić information content (AvgIpc) is 2.48. The van der Waals surface area contributed by atoms with Crippen molar-refractivity contribution in [1.82, 2.24) is 4.31 Å². The van der Waals surface area contributed by atoms with Crippen LogP contribution in [0.5, 0.6) is 0 Å². The SMILES string of the molecule is COCC1CCCN(S(=O)(=O)c2cc(F)ccc2CO)C1. The van der Waals surface area contributed by atoms with Gasteiger partial charge in [0, 0.05) is 20.2 Å². The van der Waals surface area contributed by atoms with Gasteiger partial charge in [-0.1, -0.05) is 6.07 Å². The average molecular weight is 317 g/mol. The van der Waals surface area contributed by atoms with Crippen molar-refractivity contribution in [2.24, 2.45) is 5.92 Å². The van der Waals surface area contributed by atoms with Gasteiger partial charge in [-0.15, -0.1) is 0 Å². The monoisotopic (exact) mass is 317 g/mol. The zero-order chi connectivity index (χ0) is 15.5. The van der Waals surface area contributed by atoms with Crippen molar-refractivity contribution in [2.45, 2.75) is 24.3 Å². The molecule has 1 aliphatic heterocycles. The highest BCUT2D eigenvalue weighted by atomic mass is 32.2. The predicted octanol–water partition coefficient (Wildman–Crippen LogP) is 1.37. The molecule has 1 fully saturated rings. The molecule has 1 aromatic carbocycles. The molecule has 1 aromatic rings. The Bertz CT molecular complexity index is 589. The van der Waals surface area contributed by atoms with Crippen LogP contribution in [0.4, 0.5) is 4.39 Å². The third kappa shape index (κ3) is 3.60. The highest BCUT2D eigenvalue weighted by Gasteiger charge is 2.31. The summed E-state index contributed by atoms with van der Waals surface area (Å²) in [5, 5.41) is 9.28. The summed E-state index contributed by atoms with van der Waals surface area (Å²) in [6.45, 7) is 0.827. The predicted molar refractivity (Wildman–Crippen MR) is 75.7 cm³/mol. The van der Waals surface area contributed by atoms with Gasteiger partial charge < -0.3 is 9.84 Å². The Kier molecular flexibility index (Phi) is 5.32. The van der Waals surface area contributed by atoms with E-state index in [2.05, 4.69) is 0 Å². The number of methoxy groups -OCH3 is 1. The second-order valence-corrected chi connectivity index (χ2v) is 7.14. The molecule has 1 saturated heterocycles. The Morgan fingerprint density at radius 3 is 2.90 bits per heavy atom. The highest BCUT2D eigenvalue weighted by Crippen LogP contribution is 2.26. The summed E-state index contributed by atoms with van der Waals surface area (Å²) in [6, 6.07) is 3.42. The topological polar surface area (TPSA) is 66.8 Å². The minimum Gasteiger partial charge on any atom is -0.392 e. The van der Waals surface area contributed by atoms with Crippen LogP contribution in [-0.2, 0) is 21.4 Å². The molecular weight excluding hydrogens is 297 g/mol. The fourth-order valence-electron chi connectivity index (χ4n) is 2.66. The summed E-state index contributed by atoms with van der Waals surface area (Å²) in [5.74, 6) is -0.485. The van der Waals surface area contributed by atoms with E-state index in [4.69, 9.17) is 4.74 Å². The minimum atomic E-state index is -3.80. The molecule has 2 rings (SSSR count). The minimum absolute atomic E-state index is 0.143. The molecule has 21 heavy (non-hydrogen) atoms. The lowest BCUT2D eigenvalue weighted by molar-refractivity contribution is 0.118. The van der Waals surface area contributed by atoms with Crippen LogP contribution < -0.4 is 0 Å². The van der Waals surface area contributed by atoms with Gasteiger partial charge in [0.05, 0.1) is 18.1 Å². The molecule has 7 heteroatoms. The van der Waals surface area contributed by atoms with Gasteiger partial charge in [-0.05, 0) is 36.5 Å². The molecular formula is C14H20FNO4S. The Morgan fingerprint density at radius 2 is 2.24 bits per heavy atom. The lowest BCUT2D eigenvalue weighted by atomic mass is 10.0. The first-order valence-electron chi connectivity index (χ1n) is 6.87. The number of sulfonamides is 1. The zero-order valence-electron chi connectivity index (χ0n) is 12.0. The maximum Gasteiger partial charge on any atom is 0.243 e. The zero-order valence-corrected chi connectivity index (χ0v) is 12.8. The van der Waals surface area contributed by atoms with Crippen LogP contribution in [0, 0.1) is 11.7 Å². The normalized spacial score (nSPS) is 20.6. The van der Waals surface area contributed by atoms with Gasteiger partial charge in [0.15, 0.2) is 0 Å². The van der Waals surface area contributed by atoms with E-state index in [1.54, 1.807) is 7.11 Å². The summed E-state index contributed by atoms with van der Waals surface area (Å²) in [6.07, 6.45) is 1.66. The van der Waals surface area contributed by atoms with E-state index in [-0.39, 0.29) is 16.4 Å². The summed E-state index contributed by atoms with van der Waals surface area (Å²) in [4.78, 5) is -0.150. The maximum absolute atomic E-state index is 13.4. The van der Waals surface area contributed by atoms with Crippen molar-refractivity contribution in [2.75, 3.05) is 26.8 Å². The number of nitrogens with zero attached hydrogens (tertiary/aromatic N) is 1. The van der Waals surface area contributed by atoms with Crippen LogP contribution >= 0.6 is 0 Å². The smallest absolute Gasteiger partial charge is 0.243 e. The number of benzene rings is 1. The number of hydrogen-bond acceptors (Lipinski definition) is 4. The van der Waals surface area contributed by atoms with E-state index in [9.17, 15) is 17.9 Å². The number of rotatable bonds is 5. The van der Waals surface area contributed by atoms with Gasteiger partial charge in [0.25, 0.3) is 0 Å². The van der Waals surface area contributed by atoms with Crippen molar-refractivity contribution in [1.29, 1.82) is 0 Å². The van der Waals surface area contributed by atoms with Gasteiger partial charge in [-0.2, -0.15) is 4.31 Å². The Hall–Kier alpha value is -1.02. The molecule has 0 amide bonds. The van der Waals surface area contributed by atoms with Crippen molar-refractivity contribution in [3.63, 3.8) is 0 Å². The third-order valence-corrected chi connectivity index (χ3v) is 5.65. The maximum atomic E-state index is 13.4. The molecule has 0 bridgehead atoms. The quantitative estimate of drug-likeness (QED) is 0.890. The summed E-state index contributed by atoms with van der Waals surface area (Å²) < 4.78 is 45.2. The van der Waals surface area contributed by atoms with Crippen LogP contribution in [0.25, 0.3) is 0 Å². The van der Waals surface area contributed by atoms with Gasteiger partial charge >= 0.3 is 0 Å². The third-order valence-electron chi connectivity index (χ3n) is 3.70.